The molecule has 198 valence electrons. The Balaban J connectivity index is 1.62. The molecule has 10 nitrogen and oxygen atoms in total. The number of rotatable bonds is 10. The molecule has 0 radical (unpaired) electrons. The van der Waals surface area contributed by atoms with Crippen molar-refractivity contribution in [1.82, 2.24) is 24.6 Å². The van der Waals surface area contributed by atoms with E-state index in [1.54, 1.807) is 30.2 Å². The Morgan fingerprint density at radius 1 is 1.11 bits per heavy atom. The molecule has 38 heavy (non-hydrogen) atoms. The summed E-state index contributed by atoms with van der Waals surface area (Å²) in [4.78, 5) is 40.9. The number of nitrogens with one attached hydrogen (secondary N) is 2. The molecule has 2 amide bonds. The third-order valence-corrected chi connectivity index (χ3v) is 6.58. The number of fused-ring (bicyclic) bond motifs is 1. The first-order chi connectivity index (χ1) is 18.2. The molecule has 2 aromatic carbocycles. The van der Waals surface area contributed by atoms with Crippen LogP contribution < -0.4 is 10.6 Å². The Morgan fingerprint density at radius 3 is 2.58 bits per heavy atom. The number of amides is 2. The lowest BCUT2D eigenvalue weighted by Crippen LogP contribution is -2.24. The maximum atomic E-state index is 13.5. The number of hydrogen-bond donors (Lipinski definition) is 3. The standard InChI is InChI=1S/C28H32N6O4/c1-17-14-34(25-13-22(28(38)29-4)10-11-23(17)25)18(2)27(37)31-24-12-20(15-33-16-30-19(3)32-33)8-9-21(24)6-5-7-26(35)36/h8-14,16,18H,5-7,15H2,1-4H3,(H,29,38)(H,31,37)(H,35,36). The third kappa shape index (κ3) is 5.91. The van der Waals surface area contributed by atoms with Crippen LogP contribution >= 0.6 is 0 Å². The van der Waals surface area contributed by atoms with Crippen molar-refractivity contribution in [3.8, 4) is 0 Å². The number of nitrogens with zero attached hydrogens (tertiary/aromatic N) is 4. The zero-order valence-corrected chi connectivity index (χ0v) is 22.0. The molecule has 0 aliphatic heterocycles. The van der Waals surface area contributed by atoms with Gasteiger partial charge in [0.15, 0.2) is 0 Å². The SMILES string of the molecule is CNC(=O)c1ccc2c(C)cn(C(C)C(=O)Nc3cc(Cn4cnc(C)n4)ccc3CCCC(=O)O)c2c1. The highest BCUT2D eigenvalue weighted by Crippen LogP contribution is 2.27. The van der Waals surface area contributed by atoms with E-state index < -0.39 is 12.0 Å². The van der Waals surface area contributed by atoms with E-state index in [0.29, 0.717) is 36.5 Å². The summed E-state index contributed by atoms with van der Waals surface area (Å²) in [6, 6.07) is 10.7. The number of benzene rings is 2. The molecule has 3 N–H and O–H groups in total. The monoisotopic (exact) mass is 516 g/mol. The van der Waals surface area contributed by atoms with Gasteiger partial charge in [-0.1, -0.05) is 18.2 Å². The van der Waals surface area contributed by atoms with Crippen LogP contribution in [0, 0.1) is 13.8 Å². The predicted molar refractivity (Wildman–Crippen MR) is 144 cm³/mol. The lowest BCUT2D eigenvalue weighted by Gasteiger charge is -2.18. The van der Waals surface area contributed by atoms with Crippen molar-refractivity contribution in [2.24, 2.45) is 0 Å². The van der Waals surface area contributed by atoms with Gasteiger partial charge in [-0.2, -0.15) is 5.10 Å². The average molecular weight is 517 g/mol. The van der Waals surface area contributed by atoms with Crippen molar-refractivity contribution in [2.45, 2.75) is 52.6 Å². The number of carboxylic acids is 1. The molecule has 1 unspecified atom stereocenters. The first-order valence-corrected chi connectivity index (χ1v) is 12.5. The molecule has 0 spiro atoms. The van der Waals surface area contributed by atoms with E-state index in [0.717, 1.165) is 27.6 Å². The fourth-order valence-corrected chi connectivity index (χ4v) is 4.53. The second-order valence-corrected chi connectivity index (χ2v) is 9.42. The fraction of sp³-hybridized carbons (Fsp3) is 0.321. The zero-order chi connectivity index (χ0) is 27.4. The molecule has 0 aliphatic rings. The van der Waals surface area contributed by atoms with Crippen molar-refractivity contribution in [3.63, 3.8) is 0 Å². The highest BCUT2D eigenvalue weighted by molar-refractivity contribution is 6.00. The van der Waals surface area contributed by atoms with Crippen molar-refractivity contribution in [2.75, 3.05) is 12.4 Å². The minimum absolute atomic E-state index is 0.0477. The van der Waals surface area contributed by atoms with Crippen molar-refractivity contribution >= 4 is 34.4 Å². The zero-order valence-electron chi connectivity index (χ0n) is 22.0. The summed E-state index contributed by atoms with van der Waals surface area (Å²) < 4.78 is 3.60. The van der Waals surface area contributed by atoms with Gasteiger partial charge in [0.25, 0.3) is 5.91 Å². The molecule has 0 saturated heterocycles. The molecular formula is C28H32N6O4. The van der Waals surface area contributed by atoms with E-state index in [1.165, 1.54) is 0 Å². The van der Waals surface area contributed by atoms with Gasteiger partial charge in [0.1, 0.15) is 18.2 Å². The number of carbonyl (C=O) groups is 3. The van der Waals surface area contributed by atoms with E-state index in [1.807, 2.05) is 55.8 Å². The summed E-state index contributed by atoms with van der Waals surface area (Å²) in [7, 11) is 1.58. The molecule has 4 rings (SSSR count). The Hall–Kier alpha value is -4.47. The van der Waals surface area contributed by atoms with E-state index in [2.05, 4.69) is 20.7 Å². The van der Waals surface area contributed by atoms with Crippen LogP contribution in [0.15, 0.2) is 48.9 Å². The lowest BCUT2D eigenvalue weighted by molar-refractivity contribution is -0.137. The van der Waals surface area contributed by atoms with Crippen LogP contribution in [0.1, 0.15) is 58.7 Å². The fourth-order valence-electron chi connectivity index (χ4n) is 4.53. The number of carboxylic acid groups (broad SMARTS) is 1. The second kappa shape index (κ2) is 11.3. The smallest absolute Gasteiger partial charge is 0.303 e. The molecule has 2 aromatic heterocycles. The number of anilines is 1. The summed E-state index contributed by atoms with van der Waals surface area (Å²) in [5.74, 6) is -0.597. The number of carbonyl (C=O) groups excluding carboxylic acids is 2. The largest absolute Gasteiger partial charge is 0.481 e. The molecule has 2 heterocycles. The van der Waals surface area contributed by atoms with Gasteiger partial charge in [0, 0.05) is 41.8 Å². The third-order valence-electron chi connectivity index (χ3n) is 6.58. The lowest BCUT2D eigenvalue weighted by atomic mass is 10.0. The van der Waals surface area contributed by atoms with Gasteiger partial charge in [-0.15, -0.1) is 0 Å². The van der Waals surface area contributed by atoms with Gasteiger partial charge in [0.2, 0.25) is 5.91 Å². The van der Waals surface area contributed by atoms with Crippen molar-refractivity contribution in [1.29, 1.82) is 0 Å². The molecule has 0 aliphatic carbocycles. The highest BCUT2D eigenvalue weighted by Gasteiger charge is 2.20. The number of aryl methyl sites for hydroxylation is 3. The molecule has 4 aromatic rings. The minimum Gasteiger partial charge on any atom is -0.481 e. The van der Waals surface area contributed by atoms with Gasteiger partial charge in [-0.05, 0) is 68.5 Å². The Morgan fingerprint density at radius 2 is 1.89 bits per heavy atom. The molecule has 10 heteroatoms. The van der Waals surface area contributed by atoms with Crippen LogP contribution in [0.25, 0.3) is 10.9 Å². The Kier molecular flexibility index (Phi) is 7.90. The van der Waals surface area contributed by atoms with E-state index in [-0.39, 0.29) is 18.2 Å². The topological polar surface area (TPSA) is 131 Å². The normalized spacial score (nSPS) is 11.9. The van der Waals surface area contributed by atoms with Crippen LogP contribution in [0.5, 0.6) is 0 Å². The van der Waals surface area contributed by atoms with E-state index in [4.69, 9.17) is 5.11 Å². The van der Waals surface area contributed by atoms with Crippen LogP contribution in [-0.4, -0.2) is 49.3 Å². The molecule has 1 atom stereocenters. The first kappa shape index (κ1) is 26.6. The maximum absolute atomic E-state index is 13.5. The maximum Gasteiger partial charge on any atom is 0.303 e. The summed E-state index contributed by atoms with van der Waals surface area (Å²) in [6.07, 6.45) is 4.59. The minimum atomic E-state index is -0.853. The first-order valence-electron chi connectivity index (χ1n) is 12.5. The van der Waals surface area contributed by atoms with Crippen LogP contribution in [0.4, 0.5) is 5.69 Å². The van der Waals surface area contributed by atoms with Gasteiger partial charge in [-0.3, -0.25) is 14.4 Å². The molecule has 0 saturated carbocycles. The molecule has 0 fully saturated rings. The number of aliphatic carboxylic acids is 1. The predicted octanol–water partition coefficient (Wildman–Crippen LogP) is 3.86. The Bertz CT molecular complexity index is 1500. The average Bonchev–Trinajstić information content (AvgIpc) is 3.45. The van der Waals surface area contributed by atoms with Gasteiger partial charge < -0.3 is 20.3 Å². The van der Waals surface area contributed by atoms with Gasteiger partial charge >= 0.3 is 5.97 Å². The summed E-state index contributed by atoms with van der Waals surface area (Å²) >= 11 is 0. The Labute approximate surface area is 220 Å². The highest BCUT2D eigenvalue weighted by atomic mass is 16.4. The summed E-state index contributed by atoms with van der Waals surface area (Å²) in [5, 5.41) is 20.1. The van der Waals surface area contributed by atoms with E-state index in [9.17, 15) is 14.4 Å². The summed E-state index contributed by atoms with van der Waals surface area (Å²) in [5.41, 5.74) is 4.74. The van der Waals surface area contributed by atoms with Crippen LogP contribution in [0.2, 0.25) is 0 Å². The van der Waals surface area contributed by atoms with E-state index >= 15 is 0 Å². The van der Waals surface area contributed by atoms with Gasteiger partial charge in [-0.25, -0.2) is 9.67 Å². The second-order valence-electron chi connectivity index (χ2n) is 9.42. The van der Waals surface area contributed by atoms with Crippen molar-refractivity contribution in [3.05, 3.63) is 77.0 Å². The summed E-state index contributed by atoms with van der Waals surface area (Å²) in [6.45, 7) is 6.09. The van der Waals surface area contributed by atoms with Gasteiger partial charge in [0.05, 0.1) is 6.54 Å². The van der Waals surface area contributed by atoms with Crippen LogP contribution in [0.3, 0.4) is 0 Å². The van der Waals surface area contributed by atoms with Crippen LogP contribution in [-0.2, 0) is 22.6 Å². The molecule has 0 bridgehead atoms. The van der Waals surface area contributed by atoms with Crippen molar-refractivity contribution < 1.29 is 19.5 Å². The molecular weight excluding hydrogens is 484 g/mol. The quantitative estimate of drug-likeness (QED) is 0.293. The number of hydrogen-bond acceptors (Lipinski definition) is 5. The number of aromatic nitrogens is 4.